The van der Waals surface area contributed by atoms with E-state index in [0.29, 0.717) is 19.4 Å². The first-order chi connectivity index (χ1) is 5.95. The molecule has 0 heterocycles. The van der Waals surface area contributed by atoms with Crippen LogP contribution < -0.4 is 5.32 Å². The molecule has 0 aromatic rings. The number of nitrogens with zero attached hydrogens (tertiary/aromatic N) is 1. The zero-order chi connectivity index (χ0) is 10.3. The SMILES string of the molecule is CC(C)(C)CCNC(=O)CCC#N. The standard InChI is InChI=1S/C10H18N2O/c1-10(2,3)6-8-12-9(13)5-4-7-11/h4-6,8H2,1-3H3,(H,12,13). The lowest BCUT2D eigenvalue weighted by Crippen LogP contribution is -2.26. The fourth-order valence-corrected chi connectivity index (χ4v) is 0.835. The van der Waals surface area contributed by atoms with Gasteiger partial charge in [0.1, 0.15) is 0 Å². The van der Waals surface area contributed by atoms with Crippen molar-refractivity contribution >= 4 is 5.91 Å². The van der Waals surface area contributed by atoms with Crippen LogP contribution in [-0.2, 0) is 4.79 Å². The molecule has 0 spiro atoms. The molecule has 0 aromatic carbocycles. The predicted molar refractivity (Wildman–Crippen MR) is 51.9 cm³/mol. The van der Waals surface area contributed by atoms with Gasteiger partial charge in [-0.25, -0.2) is 0 Å². The first-order valence-corrected chi connectivity index (χ1v) is 4.59. The Hall–Kier alpha value is -1.04. The van der Waals surface area contributed by atoms with Crippen LogP contribution in [0.1, 0.15) is 40.0 Å². The van der Waals surface area contributed by atoms with E-state index in [1.54, 1.807) is 0 Å². The molecule has 74 valence electrons. The van der Waals surface area contributed by atoms with Crippen LogP contribution in [0.5, 0.6) is 0 Å². The highest BCUT2D eigenvalue weighted by molar-refractivity contribution is 5.75. The number of amides is 1. The van der Waals surface area contributed by atoms with Crippen LogP contribution in [0.25, 0.3) is 0 Å². The smallest absolute Gasteiger partial charge is 0.221 e. The van der Waals surface area contributed by atoms with Gasteiger partial charge in [-0.1, -0.05) is 20.8 Å². The van der Waals surface area contributed by atoms with E-state index in [4.69, 9.17) is 5.26 Å². The van der Waals surface area contributed by atoms with Crippen molar-refractivity contribution in [1.29, 1.82) is 5.26 Å². The third kappa shape index (κ3) is 8.87. The molecule has 0 fully saturated rings. The summed E-state index contributed by atoms with van der Waals surface area (Å²) in [4.78, 5) is 11.0. The summed E-state index contributed by atoms with van der Waals surface area (Å²) in [6.07, 6.45) is 1.59. The molecule has 0 aliphatic rings. The third-order valence-corrected chi connectivity index (χ3v) is 1.66. The lowest BCUT2D eigenvalue weighted by molar-refractivity contribution is -0.121. The number of carbonyl (C=O) groups excluding carboxylic acids is 1. The van der Waals surface area contributed by atoms with Gasteiger partial charge in [-0.05, 0) is 11.8 Å². The van der Waals surface area contributed by atoms with Crippen LogP contribution in [0.4, 0.5) is 0 Å². The normalized spacial score (nSPS) is 10.6. The summed E-state index contributed by atoms with van der Waals surface area (Å²) >= 11 is 0. The minimum Gasteiger partial charge on any atom is -0.356 e. The second kappa shape index (κ2) is 5.58. The van der Waals surface area contributed by atoms with Crippen LogP contribution >= 0.6 is 0 Å². The van der Waals surface area contributed by atoms with Crippen molar-refractivity contribution in [2.24, 2.45) is 5.41 Å². The average molecular weight is 182 g/mol. The average Bonchev–Trinajstić information content (AvgIpc) is 1.98. The Morgan fingerprint density at radius 1 is 1.46 bits per heavy atom. The molecule has 0 aliphatic carbocycles. The fraction of sp³-hybridized carbons (Fsp3) is 0.800. The molecule has 0 aliphatic heterocycles. The molecular weight excluding hydrogens is 164 g/mol. The quantitative estimate of drug-likeness (QED) is 0.721. The minimum atomic E-state index is -0.0224. The molecule has 0 saturated heterocycles. The molecule has 1 amide bonds. The van der Waals surface area contributed by atoms with E-state index in [0.717, 1.165) is 6.42 Å². The maximum atomic E-state index is 11.0. The number of hydrogen-bond acceptors (Lipinski definition) is 2. The molecule has 0 aromatic heterocycles. The highest BCUT2D eigenvalue weighted by Crippen LogP contribution is 2.16. The van der Waals surface area contributed by atoms with Gasteiger partial charge in [0.15, 0.2) is 0 Å². The molecule has 0 atom stereocenters. The summed E-state index contributed by atoms with van der Waals surface area (Å²) in [7, 11) is 0. The molecular formula is C10H18N2O. The fourth-order valence-electron chi connectivity index (χ4n) is 0.835. The van der Waals surface area contributed by atoms with Gasteiger partial charge in [0.2, 0.25) is 5.91 Å². The van der Waals surface area contributed by atoms with Crippen LogP contribution in [0, 0.1) is 16.7 Å². The van der Waals surface area contributed by atoms with E-state index < -0.39 is 0 Å². The third-order valence-electron chi connectivity index (χ3n) is 1.66. The van der Waals surface area contributed by atoms with E-state index >= 15 is 0 Å². The summed E-state index contributed by atoms with van der Waals surface area (Å²) in [6, 6.07) is 1.94. The largest absolute Gasteiger partial charge is 0.356 e. The van der Waals surface area contributed by atoms with Crippen LogP contribution in [-0.4, -0.2) is 12.5 Å². The highest BCUT2D eigenvalue weighted by atomic mass is 16.1. The zero-order valence-electron chi connectivity index (χ0n) is 8.68. The Morgan fingerprint density at radius 3 is 2.54 bits per heavy atom. The predicted octanol–water partition coefficient (Wildman–Crippen LogP) is 1.84. The molecule has 0 unspecified atom stereocenters. The number of carbonyl (C=O) groups is 1. The maximum Gasteiger partial charge on any atom is 0.221 e. The van der Waals surface area contributed by atoms with E-state index in [1.165, 1.54) is 0 Å². The molecule has 3 heteroatoms. The van der Waals surface area contributed by atoms with Gasteiger partial charge in [0.25, 0.3) is 0 Å². The van der Waals surface area contributed by atoms with Crippen molar-refractivity contribution in [3.05, 3.63) is 0 Å². The Kier molecular flexibility index (Phi) is 5.13. The lowest BCUT2D eigenvalue weighted by atomic mass is 9.92. The van der Waals surface area contributed by atoms with Gasteiger partial charge in [-0.3, -0.25) is 4.79 Å². The first-order valence-electron chi connectivity index (χ1n) is 4.59. The second-order valence-electron chi connectivity index (χ2n) is 4.32. The molecule has 3 nitrogen and oxygen atoms in total. The van der Waals surface area contributed by atoms with Crippen LogP contribution in [0.3, 0.4) is 0 Å². The van der Waals surface area contributed by atoms with Gasteiger partial charge in [0.05, 0.1) is 6.07 Å². The Morgan fingerprint density at radius 2 is 2.08 bits per heavy atom. The second-order valence-corrected chi connectivity index (χ2v) is 4.32. The maximum absolute atomic E-state index is 11.0. The molecule has 0 radical (unpaired) electrons. The number of nitrogens with one attached hydrogen (secondary N) is 1. The molecule has 0 saturated carbocycles. The van der Waals surface area contributed by atoms with Crippen molar-refractivity contribution in [2.45, 2.75) is 40.0 Å². The van der Waals surface area contributed by atoms with Crippen molar-refractivity contribution in [3.63, 3.8) is 0 Å². The summed E-state index contributed by atoms with van der Waals surface area (Å²) < 4.78 is 0. The van der Waals surface area contributed by atoms with Crippen molar-refractivity contribution in [1.82, 2.24) is 5.32 Å². The zero-order valence-corrected chi connectivity index (χ0v) is 8.68. The minimum absolute atomic E-state index is 0.0224. The topological polar surface area (TPSA) is 52.9 Å². The van der Waals surface area contributed by atoms with E-state index in [-0.39, 0.29) is 11.3 Å². The van der Waals surface area contributed by atoms with Gasteiger partial charge >= 0.3 is 0 Å². The van der Waals surface area contributed by atoms with Crippen molar-refractivity contribution in [3.8, 4) is 6.07 Å². The van der Waals surface area contributed by atoms with Crippen LogP contribution in [0.15, 0.2) is 0 Å². The number of nitriles is 1. The van der Waals surface area contributed by atoms with Gasteiger partial charge in [0, 0.05) is 19.4 Å². The van der Waals surface area contributed by atoms with Crippen LogP contribution in [0.2, 0.25) is 0 Å². The Balaban J connectivity index is 3.44. The van der Waals surface area contributed by atoms with Crippen molar-refractivity contribution in [2.75, 3.05) is 6.54 Å². The van der Waals surface area contributed by atoms with Gasteiger partial charge in [-0.2, -0.15) is 5.26 Å². The molecule has 1 N–H and O–H groups in total. The van der Waals surface area contributed by atoms with E-state index in [2.05, 4.69) is 26.1 Å². The molecule has 0 rings (SSSR count). The monoisotopic (exact) mass is 182 g/mol. The summed E-state index contributed by atoms with van der Waals surface area (Å²) in [5.41, 5.74) is 0.252. The van der Waals surface area contributed by atoms with Gasteiger partial charge in [-0.15, -0.1) is 0 Å². The summed E-state index contributed by atoms with van der Waals surface area (Å²) in [5, 5.41) is 11.0. The summed E-state index contributed by atoms with van der Waals surface area (Å²) in [6.45, 7) is 7.10. The first kappa shape index (κ1) is 12.0. The molecule has 0 bridgehead atoms. The Labute approximate surface area is 80.1 Å². The van der Waals surface area contributed by atoms with E-state index in [1.807, 2.05) is 6.07 Å². The number of rotatable bonds is 4. The summed E-state index contributed by atoms with van der Waals surface area (Å²) in [5.74, 6) is -0.0224. The van der Waals surface area contributed by atoms with E-state index in [9.17, 15) is 4.79 Å². The van der Waals surface area contributed by atoms with Crippen molar-refractivity contribution < 1.29 is 4.79 Å². The Bertz CT molecular complexity index is 198. The lowest BCUT2D eigenvalue weighted by Gasteiger charge is -2.17. The van der Waals surface area contributed by atoms with Gasteiger partial charge < -0.3 is 5.32 Å². The highest BCUT2D eigenvalue weighted by Gasteiger charge is 2.09. The molecule has 13 heavy (non-hydrogen) atoms. The number of hydrogen-bond donors (Lipinski definition) is 1.